The summed E-state index contributed by atoms with van der Waals surface area (Å²) in [6.45, 7) is 5.91. The summed E-state index contributed by atoms with van der Waals surface area (Å²) in [6.07, 6.45) is 4.98. The average Bonchev–Trinajstić information content (AvgIpc) is 2.22. The fourth-order valence-corrected chi connectivity index (χ4v) is 2.10. The van der Waals surface area contributed by atoms with Crippen LogP contribution >= 0.6 is 11.8 Å². The van der Waals surface area contributed by atoms with E-state index in [1.807, 2.05) is 11.8 Å². The molecule has 0 spiro atoms. The van der Waals surface area contributed by atoms with Crippen LogP contribution in [-0.4, -0.2) is 35.8 Å². The third-order valence-corrected chi connectivity index (χ3v) is 3.30. The maximum atomic E-state index is 8.60. The van der Waals surface area contributed by atoms with Crippen molar-refractivity contribution >= 4 is 11.8 Å². The van der Waals surface area contributed by atoms with E-state index in [9.17, 15) is 0 Å². The van der Waals surface area contributed by atoms with Crippen LogP contribution in [0.2, 0.25) is 0 Å². The van der Waals surface area contributed by atoms with Crippen molar-refractivity contribution in [2.75, 3.05) is 24.7 Å². The second kappa shape index (κ2) is 11.3. The fraction of sp³-hybridized carbons (Fsp3) is 1.00. The number of hydrogen-bond acceptors (Lipinski definition) is 3. The van der Waals surface area contributed by atoms with E-state index >= 15 is 0 Å². The Balaban J connectivity index is 3.24. The minimum Gasteiger partial charge on any atom is -0.396 e. The molecule has 0 aliphatic rings. The van der Waals surface area contributed by atoms with Crippen molar-refractivity contribution in [2.24, 2.45) is 0 Å². The maximum absolute atomic E-state index is 8.60. The molecule has 0 aromatic carbocycles. The summed E-state index contributed by atoms with van der Waals surface area (Å²) in [5.41, 5.74) is 0. The first kappa shape index (κ1) is 14.3. The van der Waals surface area contributed by atoms with Gasteiger partial charge in [-0.2, -0.15) is 11.8 Å². The van der Waals surface area contributed by atoms with Crippen molar-refractivity contribution in [1.82, 2.24) is 5.32 Å². The zero-order valence-corrected chi connectivity index (χ0v) is 10.4. The molecule has 1 unspecified atom stereocenters. The molecule has 0 aliphatic heterocycles. The van der Waals surface area contributed by atoms with Gasteiger partial charge in [-0.15, -0.1) is 0 Å². The third kappa shape index (κ3) is 8.85. The molecule has 2 N–H and O–H groups in total. The van der Waals surface area contributed by atoms with Gasteiger partial charge in [0.25, 0.3) is 0 Å². The van der Waals surface area contributed by atoms with E-state index in [-0.39, 0.29) is 0 Å². The monoisotopic (exact) mass is 219 g/mol. The lowest BCUT2D eigenvalue weighted by Crippen LogP contribution is -2.29. The first-order valence-corrected chi connectivity index (χ1v) is 6.92. The van der Waals surface area contributed by atoms with Crippen LogP contribution in [0.4, 0.5) is 0 Å². The Morgan fingerprint density at radius 1 is 1.29 bits per heavy atom. The second-order valence-electron chi connectivity index (χ2n) is 3.54. The van der Waals surface area contributed by atoms with Gasteiger partial charge < -0.3 is 10.4 Å². The quantitative estimate of drug-likeness (QED) is 0.553. The second-order valence-corrected chi connectivity index (χ2v) is 4.76. The lowest BCUT2D eigenvalue weighted by Gasteiger charge is -2.15. The first-order chi connectivity index (χ1) is 6.85. The average molecular weight is 219 g/mol. The summed E-state index contributed by atoms with van der Waals surface area (Å²) < 4.78 is 0. The Morgan fingerprint density at radius 3 is 2.64 bits per heavy atom. The molecule has 0 saturated heterocycles. The van der Waals surface area contributed by atoms with Crippen LogP contribution in [0.1, 0.15) is 39.5 Å². The normalized spacial score (nSPS) is 13.1. The number of aliphatic hydroxyl groups is 1. The molecule has 0 amide bonds. The molecular formula is C11H25NOS. The zero-order valence-electron chi connectivity index (χ0n) is 9.59. The summed E-state index contributed by atoms with van der Waals surface area (Å²) in [4.78, 5) is 0. The number of thioether (sulfide) groups is 1. The highest BCUT2D eigenvalue weighted by atomic mass is 32.2. The van der Waals surface area contributed by atoms with Crippen LogP contribution in [0.25, 0.3) is 0 Å². The molecule has 0 fully saturated rings. The lowest BCUT2D eigenvalue weighted by molar-refractivity contribution is 0.322. The molecule has 0 aromatic rings. The van der Waals surface area contributed by atoms with Crippen molar-refractivity contribution < 1.29 is 5.11 Å². The van der Waals surface area contributed by atoms with Gasteiger partial charge in [-0.05, 0) is 38.0 Å². The summed E-state index contributed by atoms with van der Waals surface area (Å²) >= 11 is 1.85. The minimum absolute atomic E-state index is 0.315. The third-order valence-electron chi connectivity index (χ3n) is 2.25. The topological polar surface area (TPSA) is 32.3 Å². The Morgan fingerprint density at radius 2 is 2.07 bits per heavy atom. The van der Waals surface area contributed by atoms with Gasteiger partial charge in [-0.1, -0.05) is 13.8 Å². The van der Waals surface area contributed by atoms with Crippen LogP contribution in [0, 0.1) is 0 Å². The molecule has 0 saturated carbocycles. The first-order valence-electron chi connectivity index (χ1n) is 5.77. The van der Waals surface area contributed by atoms with E-state index in [0.717, 1.165) is 12.3 Å². The summed E-state index contributed by atoms with van der Waals surface area (Å²) in [6, 6.07) is 0.699. The maximum Gasteiger partial charge on any atom is 0.0521 e. The van der Waals surface area contributed by atoms with Crippen molar-refractivity contribution in [3.8, 4) is 0 Å². The predicted molar refractivity (Wildman–Crippen MR) is 66.0 cm³/mol. The standard InChI is InChI=1S/C11H25NOS/c1-3-7-12-11(4-2)6-5-9-14-10-8-13/h11-13H,3-10H2,1-2H3. The van der Waals surface area contributed by atoms with E-state index in [4.69, 9.17) is 5.11 Å². The van der Waals surface area contributed by atoms with Crippen LogP contribution in [0.3, 0.4) is 0 Å². The van der Waals surface area contributed by atoms with Gasteiger partial charge >= 0.3 is 0 Å². The number of aliphatic hydroxyl groups excluding tert-OH is 1. The fourth-order valence-electron chi connectivity index (χ4n) is 1.40. The number of hydrogen-bond donors (Lipinski definition) is 2. The highest BCUT2D eigenvalue weighted by Crippen LogP contribution is 2.07. The molecule has 0 aliphatic carbocycles. The predicted octanol–water partition coefficient (Wildman–Crippen LogP) is 2.27. The molecule has 0 aromatic heterocycles. The molecule has 86 valence electrons. The smallest absolute Gasteiger partial charge is 0.0521 e. The summed E-state index contributed by atoms with van der Waals surface area (Å²) in [7, 11) is 0. The Kier molecular flexibility index (Phi) is 11.6. The van der Waals surface area contributed by atoms with Crippen molar-refractivity contribution in [2.45, 2.75) is 45.6 Å². The molecule has 3 heteroatoms. The highest BCUT2D eigenvalue weighted by molar-refractivity contribution is 7.99. The SMILES string of the molecule is CCCNC(CC)CCCSCCO. The van der Waals surface area contributed by atoms with Gasteiger partial charge in [0.05, 0.1) is 6.61 Å². The van der Waals surface area contributed by atoms with E-state index in [1.165, 1.54) is 31.4 Å². The van der Waals surface area contributed by atoms with Crippen molar-refractivity contribution in [3.63, 3.8) is 0 Å². The highest BCUT2D eigenvalue weighted by Gasteiger charge is 2.03. The van der Waals surface area contributed by atoms with Crippen LogP contribution < -0.4 is 5.32 Å². The van der Waals surface area contributed by atoms with Crippen LogP contribution in [0.5, 0.6) is 0 Å². The van der Waals surface area contributed by atoms with Crippen LogP contribution in [0.15, 0.2) is 0 Å². The van der Waals surface area contributed by atoms with Crippen molar-refractivity contribution in [1.29, 1.82) is 0 Å². The Hall–Kier alpha value is 0.270. The van der Waals surface area contributed by atoms with Gasteiger partial charge in [-0.3, -0.25) is 0 Å². The number of nitrogens with one attached hydrogen (secondary N) is 1. The lowest BCUT2D eigenvalue weighted by atomic mass is 10.1. The Bertz CT molecular complexity index is 111. The molecule has 0 heterocycles. The molecule has 2 nitrogen and oxygen atoms in total. The van der Waals surface area contributed by atoms with Crippen molar-refractivity contribution in [3.05, 3.63) is 0 Å². The molecule has 0 bridgehead atoms. The van der Waals surface area contributed by atoms with Gasteiger partial charge in [0.2, 0.25) is 0 Å². The van der Waals surface area contributed by atoms with Gasteiger partial charge in [0, 0.05) is 11.8 Å². The van der Waals surface area contributed by atoms with Gasteiger partial charge in [0.1, 0.15) is 0 Å². The zero-order chi connectivity index (χ0) is 10.6. The Labute approximate surface area is 92.9 Å². The number of rotatable bonds is 10. The van der Waals surface area contributed by atoms with Crippen LogP contribution in [-0.2, 0) is 0 Å². The van der Waals surface area contributed by atoms with E-state index in [1.54, 1.807) is 0 Å². The van der Waals surface area contributed by atoms with E-state index < -0.39 is 0 Å². The van der Waals surface area contributed by atoms with E-state index in [2.05, 4.69) is 19.2 Å². The van der Waals surface area contributed by atoms with Gasteiger partial charge in [0.15, 0.2) is 0 Å². The molecule has 0 rings (SSSR count). The molecular weight excluding hydrogens is 194 g/mol. The summed E-state index contributed by atoms with van der Waals surface area (Å²) in [5.74, 6) is 2.07. The largest absolute Gasteiger partial charge is 0.396 e. The summed E-state index contributed by atoms with van der Waals surface area (Å²) in [5, 5.41) is 12.2. The minimum atomic E-state index is 0.315. The van der Waals surface area contributed by atoms with Gasteiger partial charge in [-0.25, -0.2) is 0 Å². The molecule has 1 atom stereocenters. The van der Waals surface area contributed by atoms with E-state index in [0.29, 0.717) is 12.6 Å². The molecule has 14 heavy (non-hydrogen) atoms. The molecule has 0 radical (unpaired) electrons.